The van der Waals surface area contributed by atoms with Crippen LogP contribution in [0.2, 0.25) is 0 Å². The Kier molecular flexibility index (Phi) is 5.69. The Balaban J connectivity index is 1.37. The van der Waals surface area contributed by atoms with Crippen molar-refractivity contribution in [1.82, 2.24) is 30.0 Å². The molecule has 5 rings (SSSR count). The highest BCUT2D eigenvalue weighted by Crippen LogP contribution is 2.36. The summed E-state index contributed by atoms with van der Waals surface area (Å²) in [4.78, 5) is 16.3. The smallest absolute Gasteiger partial charge is 0.225 e. The van der Waals surface area contributed by atoms with Crippen LogP contribution in [0.4, 0.5) is 17.6 Å². The monoisotopic (exact) mass is 429 g/mol. The van der Waals surface area contributed by atoms with Crippen LogP contribution in [-0.4, -0.2) is 54.7 Å². The Morgan fingerprint density at radius 2 is 2.03 bits per heavy atom. The highest BCUT2D eigenvalue weighted by molar-refractivity contribution is 5.66. The molecule has 2 saturated heterocycles. The Bertz CT molecular complexity index is 1090. The fourth-order valence-electron chi connectivity index (χ4n) is 4.97. The minimum absolute atomic E-state index is 0.315. The lowest BCUT2D eigenvalue weighted by Crippen LogP contribution is -2.47. The molecule has 9 heteroatoms. The molecule has 0 saturated carbocycles. The molecular formula is C23H27N9. The molecule has 0 spiro atoms. The molecule has 0 radical (unpaired) electrons. The summed E-state index contributed by atoms with van der Waals surface area (Å²) in [6.07, 6.45) is 8.66. The van der Waals surface area contributed by atoms with E-state index in [1.165, 1.54) is 12.8 Å². The van der Waals surface area contributed by atoms with E-state index in [0.29, 0.717) is 42.1 Å². The zero-order chi connectivity index (χ0) is 21.9. The van der Waals surface area contributed by atoms with Gasteiger partial charge in [0.05, 0.1) is 11.8 Å². The molecule has 3 aromatic rings. The van der Waals surface area contributed by atoms with Crippen LogP contribution in [0.15, 0.2) is 36.7 Å². The van der Waals surface area contributed by atoms with Gasteiger partial charge >= 0.3 is 0 Å². The zero-order valence-electron chi connectivity index (χ0n) is 18.1. The maximum Gasteiger partial charge on any atom is 0.225 e. The molecule has 3 aromatic heterocycles. The average molecular weight is 430 g/mol. The average Bonchev–Trinajstić information content (AvgIpc) is 3.31. The Labute approximate surface area is 187 Å². The van der Waals surface area contributed by atoms with Gasteiger partial charge in [0, 0.05) is 66.9 Å². The second kappa shape index (κ2) is 8.93. The standard InChI is InChI=1S/C23H27N9/c1-15-10-22(31-30-15)28-21-13-20(16-4-2-8-25-14-16)27-23(29-21)26-17-11-18-5-6-19(12-17)32(18)9-3-7-24/h2,4,8,10,13-14,17-19H,3,5-6,9,11-12H2,1H3,(H3,26,27,28,29,30,31)/t17?,18-,19+. The number of nitrogens with one attached hydrogen (secondary N) is 3. The first kappa shape index (κ1) is 20.4. The van der Waals surface area contributed by atoms with Crippen molar-refractivity contribution in [2.45, 2.75) is 57.2 Å². The number of rotatable bonds is 7. The summed E-state index contributed by atoms with van der Waals surface area (Å²) in [6, 6.07) is 11.4. The fraction of sp³-hybridized carbons (Fsp3) is 0.435. The third-order valence-electron chi connectivity index (χ3n) is 6.34. The van der Waals surface area contributed by atoms with Crippen molar-refractivity contribution < 1.29 is 0 Å². The molecule has 2 aliphatic heterocycles. The molecule has 1 unspecified atom stereocenters. The summed E-state index contributed by atoms with van der Waals surface area (Å²) in [5.74, 6) is 2.01. The van der Waals surface area contributed by atoms with Crippen LogP contribution in [0.5, 0.6) is 0 Å². The van der Waals surface area contributed by atoms with Crippen molar-refractivity contribution in [2.24, 2.45) is 0 Å². The molecule has 2 aliphatic rings. The molecule has 3 atom stereocenters. The summed E-state index contributed by atoms with van der Waals surface area (Å²) >= 11 is 0. The fourth-order valence-corrected chi connectivity index (χ4v) is 4.97. The van der Waals surface area contributed by atoms with Crippen molar-refractivity contribution in [2.75, 3.05) is 17.2 Å². The number of nitrogens with zero attached hydrogens (tertiary/aromatic N) is 6. The summed E-state index contributed by atoms with van der Waals surface area (Å²) in [5.41, 5.74) is 2.72. The number of aryl methyl sites for hydroxylation is 1. The van der Waals surface area contributed by atoms with Gasteiger partial charge in [0.15, 0.2) is 5.82 Å². The Morgan fingerprint density at radius 1 is 1.19 bits per heavy atom. The van der Waals surface area contributed by atoms with Crippen LogP contribution in [0.1, 0.15) is 37.8 Å². The SMILES string of the molecule is Cc1cc(Nc2cc(-c3cccnc3)nc(NC3C[C@H]4CC[C@@H](C3)N4CCC#N)n2)n[nH]1. The van der Waals surface area contributed by atoms with E-state index in [9.17, 15) is 0 Å². The summed E-state index contributed by atoms with van der Waals surface area (Å²) < 4.78 is 0. The van der Waals surface area contributed by atoms with Crippen LogP contribution in [0.3, 0.4) is 0 Å². The number of anilines is 3. The highest BCUT2D eigenvalue weighted by Gasteiger charge is 2.40. The maximum absolute atomic E-state index is 8.97. The first-order valence-corrected chi connectivity index (χ1v) is 11.2. The molecule has 0 aliphatic carbocycles. The lowest BCUT2D eigenvalue weighted by molar-refractivity contribution is 0.135. The Morgan fingerprint density at radius 3 is 2.72 bits per heavy atom. The third-order valence-corrected chi connectivity index (χ3v) is 6.34. The molecule has 164 valence electrons. The molecule has 2 fully saturated rings. The van der Waals surface area contributed by atoms with Gasteiger partial charge in [-0.15, -0.1) is 0 Å². The molecular weight excluding hydrogens is 402 g/mol. The zero-order valence-corrected chi connectivity index (χ0v) is 18.1. The number of hydrogen-bond acceptors (Lipinski definition) is 8. The van der Waals surface area contributed by atoms with Gasteiger partial charge in [-0.3, -0.25) is 15.0 Å². The predicted octanol–water partition coefficient (Wildman–Crippen LogP) is 3.63. The number of H-pyrrole nitrogens is 1. The van der Waals surface area contributed by atoms with Gasteiger partial charge in [-0.2, -0.15) is 15.3 Å². The second-order valence-corrected chi connectivity index (χ2v) is 8.61. The largest absolute Gasteiger partial charge is 0.351 e. The number of aromatic amines is 1. The van der Waals surface area contributed by atoms with Crippen molar-refractivity contribution in [3.05, 3.63) is 42.4 Å². The van der Waals surface area contributed by atoms with Gasteiger partial charge in [0.25, 0.3) is 0 Å². The molecule has 0 amide bonds. The van der Waals surface area contributed by atoms with E-state index in [-0.39, 0.29) is 0 Å². The number of fused-ring (bicyclic) bond motifs is 2. The van der Waals surface area contributed by atoms with Crippen molar-refractivity contribution in [3.8, 4) is 17.3 Å². The highest BCUT2D eigenvalue weighted by atomic mass is 15.3. The number of aromatic nitrogens is 5. The molecule has 32 heavy (non-hydrogen) atoms. The van der Waals surface area contributed by atoms with E-state index in [1.807, 2.05) is 37.4 Å². The van der Waals surface area contributed by atoms with Crippen LogP contribution >= 0.6 is 0 Å². The van der Waals surface area contributed by atoms with Gasteiger partial charge in [0.2, 0.25) is 5.95 Å². The first-order valence-electron chi connectivity index (χ1n) is 11.2. The van der Waals surface area contributed by atoms with Crippen molar-refractivity contribution >= 4 is 17.6 Å². The van der Waals surface area contributed by atoms with Gasteiger partial charge in [-0.25, -0.2) is 4.98 Å². The predicted molar refractivity (Wildman–Crippen MR) is 122 cm³/mol. The number of hydrogen-bond donors (Lipinski definition) is 3. The van der Waals surface area contributed by atoms with Crippen LogP contribution in [-0.2, 0) is 0 Å². The lowest BCUT2D eigenvalue weighted by Gasteiger charge is -2.38. The molecule has 9 nitrogen and oxygen atoms in total. The molecule has 2 bridgehead atoms. The number of piperidine rings is 1. The van der Waals surface area contributed by atoms with Gasteiger partial charge in [-0.05, 0) is 44.7 Å². The normalized spacial score (nSPS) is 22.4. The quantitative estimate of drug-likeness (QED) is 0.521. The summed E-state index contributed by atoms with van der Waals surface area (Å²) in [5, 5.41) is 23.1. The third kappa shape index (κ3) is 4.41. The van der Waals surface area contributed by atoms with E-state index in [1.54, 1.807) is 6.20 Å². The number of nitriles is 1. The van der Waals surface area contributed by atoms with Crippen LogP contribution in [0, 0.1) is 18.3 Å². The second-order valence-electron chi connectivity index (χ2n) is 8.61. The van der Waals surface area contributed by atoms with Gasteiger partial charge < -0.3 is 10.6 Å². The van der Waals surface area contributed by atoms with E-state index in [2.05, 4.69) is 36.8 Å². The lowest BCUT2D eigenvalue weighted by atomic mass is 9.97. The van der Waals surface area contributed by atoms with Gasteiger partial charge in [-0.1, -0.05) is 0 Å². The summed E-state index contributed by atoms with van der Waals surface area (Å²) in [6.45, 7) is 2.84. The van der Waals surface area contributed by atoms with E-state index < -0.39 is 0 Å². The van der Waals surface area contributed by atoms with Crippen LogP contribution in [0.25, 0.3) is 11.3 Å². The first-order chi connectivity index (χ1) is 15.7. The molecule has 0 aromatic carbocycles. The molecule has 3 N–H and O–H groups in total. The molecule has 5 heterocycles. The van der Waals surface area contributed by atoms with Gasteiger partial charge in [0.1, 0.15) is 5.82 Å². The van der Waals surface area contributed by atoms with Crippen LogP contribution < -0.4 is 10.6 Å². The van der Waals surface area contributed by atoms with E-state index >= 15 is 0 Å². The van der Waals surface area contributed by atoms with Crippen molar-refractivity contribution in [3.63, 3.8) is 0 Å². The summed E-state index contributed by atoms with van der Waals surface area (Å²) in [7, 11) is 0. The minimum atomic E-state index is 0.315. The minimum Gasteiger partial charge on any atom is -0.351 e. The van der Waals surface area contributed by atoms with E-state index in [4.69, 9.17) is 15.2 Å². The van der Waals surface area contributed by atoms with E-state index in [0.717, 1.165) is 36.3 Å². The Hall–Kier alpha value is -3.51. The topological polar surface area (TPSA) is 118 Å². The van der Waals surface area contributed by atoms with Crippen molar-refractivity contribution in [1.29, 1.82) is 5.26 Å². The maximum atomic E-state index is 8.97. The number of pyridine rings is 1.